The molecule has 0 amide bonds. The summed E-state index contributed by atoms with van der Waals surface area (Å²) in [5.74, 6) is 0. The number of allylic oxidation sites excluding steroid dienone is 4. The summed E-state index contributed by atoms with van der Waals surface area (Å²) < 4.78 is 24.5. The van der Waals surface area contributed by atoms with Gasteiger partial charge in [0.05, 0.1) is 4.91 Å². The summed E-state index contributed by atoms with van der Waals surface area (Å²) >= 11 is 0. The van der Waals surface area contributed by atoms with Crippen molar-refractivity contribution in [2.24, 2.45) is 0 Å². The van der Waals surface area contributed by atoms with Gasteiger partial charge >= 0.3 is 0 Å². The zero-order valence-electron chi connectivity index (χ0n) is 7.24. The van der Waals surface area contributed by atoms with E-state index >= 15 is 0 Å². The largest absolute Gasteiger partial charge is 0.240 e. The van der Waals surface area contributed by atoms with E-state index in [2.05, 4.69) is 11.3 Å². The highest BCUT2D eigenvalue weighted by Crippen LogP contribution is 2.04. The fourth-order valence-corrected chi connectivity index (χ4v) is 1.29. The minimum absolute atomic E-state index is 0.170. The first-order chi connectivity index (χ1) is 5.58. The predicted octanol–water partition coefficient (Wildman–Crippen LogP) is 1.18. The lowest BCUT2D eigenvalue weighted by Gasteiger charge is -2.00. The lowest BCUT2D eigenvalue weighted by molar-refractivity contribution is 0.595. The zero-order chi connectivity index (χ0) is 9.61. The van der Waals surface area contributed by atoms with Crippen LogP contribution >= 0.6 is 0 Å². The van der Waals surface area contributed by atoms with Gasteiger partial charge in [-0.1, -0.05) is 18.7 Å². The van der Waals surface area contributed by atoms with E-state index in [1.807, 2.05) is 6.92 Å². The SMILES string of the molecule is C=C/C(=C\C=C/C)S(=O)(=O)NC. The Morgan fingerprint density at radius 3 is 2.42 bits per heavy atom. The molecule has 0 aliphatic heterocycles. The van der Waals surface area contributed by atoms with Crippen LogP contribution in [0.3, 0.4) is 0 Å². The lowest BCUT2D eigenvalue weighted by Crippen LogP contribution is -2.19. The monoisotopic (exact) mass is 187 g/mol. The normalized spacial score (nSPS) is 13.7. The van der Waals surface area contributed by atoms with Gasteiger partial charge in [0.15, 0.2) is 0 Å². The van der Waals surface area contributed by atoms with Crippen LogP contribution in [-0.4, -0.2) is 15.5 Å². The molecule has 0 aliphatic rings. The van der Waals surface area contributed by atoms with Gasteiger partial charge in [-0.2, -0.15) is 0 Å². The molecular weight excluding hydrogens is 174 g/mol. The maximum atomic E-state index is 11.2. The van der Waals surface area contributed by atoms with E-state index < -0.39 is 10.0 Å². The van der Waals surface area contributed by atoms with Crippen molar-refractivity contribution >= 4 is 10.0 Å². The molecule has 4 heteroatoms. The van der Waals surface area contributed by atoms with E-state index in [0.717, 1.165) is 0 Å². The van der Waals surface area contributed by atoms with E-state index in [0.29, 0.717) is 0 Å². The number of hydrogen-bond acceptors (Lipinski definition) is 2. The van der Waals surface area contributed by atoms with Gasteiger partial charge in [0.1, 0.15) is 0 Å². The van der Waals surface area contributed by atoms with Crippen molar-refractivity contribution in [1.29, 1.82) is 0 Å². The Kier molecular flexibility index (Phi) is 4.54. The number of nitrogens with one attached hydrogen (secondary N) is 1. The summed E-state index contributed by atoms with van der Waals surface area (Å²) in [5.41, 5.74) is 0. The summed E-state index contributed by atoms with van der Waals surface area (Å²) in [7, 11) is -1.98. The Balaban J connectivity index is 4.93. The highest BCUT2D eigenvalue weighted by molar-refractivity contribution is 7.93. The molecule has 0 radical (unpaired) electrons. The first-order valence-electron chi connectivity index (χ1n) is 3.47. The molecule has 0 atom stereocenters. The molecule has 12 heavy (non-hydrogen) atoms. The first kappa shape index (κ1) is 11.1. The van der Waals surface area contributed by atoms with Crippen molar-refractivity contribution in [2.75, 3.05) is 7.05 Å². The summed E-state index contributed by atoms with van der Waals surface area (Å²) in [6, 6.07) is 0. The van der Waals surface area contributed by atoms with Crippen molar-refractivity contribution in [3.05, 3.63) is 35.8 Å². The second kappa shape index (κ2) is 4.90. The highest BCUT2D eigenvalue weighted by atomic mass is 32.2. The lowest BCUT2D eigenvalue weighted by atomic mass is 10.4. The fraction of sp³-hybridized carbons (Fsp3) is 0.250. The molecular formula is C8H13NO2S. The van der Waals surface area contributed by atoms with Crippen molar-refractivity contribution < 1.29 is 8.42 Å². The van der Waals surface area contributed by atoms with Crippen molar-refractivity contribution in [3.63, 3.8) is 0 Å². The van der Waals surface area contributed by atoms with Crippen molar-refractivity contribution in [2.45, 2.75) is 6.92 Å². The molecule has 0 spiro atoms. The highest BCUT2D eigenvalue weighted by Gasteiger charge is 2.09. The van der Waals surface area contributed by atoms with E-state index in [1.165, 1.54) is 19.2 Å². The van der Waals surface area contributed by atoms with E-state index in [1.54, 1.807) is 12.2 Å². The molecule has 0 saturated heterocycles. The Labute approximate surface area is 73.5 Å². The van der Waals surface area contributed by atoms with Crippen LogP contribution in [0.5, 0.6) is 0 Å². The van der Waals surface area contributed by atoms with Crippen molar-refractivity contribution in [1.82, 2.24) is 4.72 Å². The third-order valence-electron chi connectivity index (χ3n) is 1.23. The van der Waals surface area contributed by atoms with Crippen LogP contribution in [0.25, 0.3) is 0 Å². The quantitative estimate of drug-likeness (QED) is 0.672. The minimum atomic E-state index is -3.34. The molecule has 0 bridgehead atoms. The first-order valence-corrected chi connectivity index (χ1v) is 4.95. The molecule has 1 N–H and O–H groups in total. The van der Waals surface area contributed by atoms with Gasteiger partial charge in [0, 0.05) is 0 Å². The van der Waals surface area contributed by atoms with Crippen LogP contribution in [0.15, 0.2) is 35.8 Å². The maximum Gasteiger partial charge on any atom is 0.240 e. The Morgan fingerprint density at radius 1 is 1.50 bits per heavy atom. The number of hydrogen-bond donors (Lipinski definition) is 1. The third kappa shape index (κ3) is 3.02. The standard InChI is InChI=1S/C8H13NO2S/c1-4-6-7-8(5-2)12(10,11)9-3/h4-7,9H,2H2,1,3H3/b6-4-,8-7+. The predicted molar refractivity (Wildman–Crippen MR) is 51.1 cm³/mol. The molecule has 0 rings (SSSR count). The zero-order valence-corrected chi connectivity index (χ0v) is 8.06. The van der Waals surface area contributed by atoms with Gasteiger partial charge in [-0.3, -0.25) is 0 Å². The van der Waals surface area contributed by atoms with E-state index in [-0.39, 0.29) is 4.91 Å². The second-order valence-corrected chi connectivity index (χ2v) is 3.89. The summed E-state index contributed by atoms with van der Waals surface area (Å²) in [5, 5.41) is 0. The Morgan fingerprint density at radius 2 is 2.08 bits per heavy atom. The van der Waals surface area contributed by atoms with Gasteiger partial charge in [-0.15, -0.1) is 0 Å². The topological polar surface area (TPSA) is 46.2 Å². The van der Waals surface area contributed by atoms with Crippen LogP contribution in [0.4, 0.5) is 0 Å². The molecule has 0 saturated carbocycles. The molecule has 0 fully saturated rings. The van der Waals surface area contributed by atoms with Crippen LogP contribution in [-0.2, 0) is 10.0 Å². The van der Waals surface area contributed by atoms with Gasteiger partial charge < -0.3 is 0 Å². The second-order valence-electron chi connectivity index (χ2n) is 2.01. The smallest absolute Gasteiger partial charge is 0.214 e. The van der Waals surface area contributed by atoms with Gasteiger partial charge in [-0.25, -0.2) is 13.1 Å². The molecule has 0 aromatic rings. The molecule has 0 heterocycles. The Hall–Kier alpha value is -0.870. The molecule has 3 nitrogen and oxygen atoms in total. The molecule has 0 aromatic carbocycles. The van der Waals surface area contributed by atoms with Gasteiger partial charge in [0.25, 0.3) is 0 Å². The molecule has 0 unspecified atom stereocenters. The van der Waals surface area contributed by atoms with E-state index in [4.69, 9.17) is 0 Å². The van der Waals surface area contributed by atoms with Gasteiger partial charge in [0.2, 0.25) is 10.0 Å². The molecule has 0 aromatic heterocycles. The number of sulfonamides is 1. The summed E-state index contributed by atoms with van der Waals surface area (Å²) in [6.45, 7) is 5.22. The van der Waals surface area contributed by atoms with Gasteiger partial charge in [-0.05, 0) is 26.1 Å². The Bertz CT molecular complexity index is 299. The maximum absolute atomic E-state index is 11.2. The molecule has 68 valence electrons. The number of rotatable bonds is 4. The minimum Gasteiger partial charge on any atom is -0.214 e. The molecule has 0 aliphatic carbocycles. The average molecular weight is 187 g/mol. The fourth-order valence-electron chi connectivity index (χ4n) is 0.576. The van der Waals surface area contributed by atoms with Crippen LogP contribution in [0, 0.1) is 0 Å². The average Bonchev–Trinajstić information content (AvgIpc) is 2.05. The summed E-state index contributed by atoms with van der Waals surface area (Å²) in [4.78, 5) is 0.170. The van der Waals surface area contributed by atoms with Crippen LogP contribution < -0.4 is 4.72 Å². The van der Waals surface area contributed by atoms with Crippen LogP contribution in [0.1, 0.15) is 6.92 Å². The third-order valence-corrected chi connectivity index (χ3v) is 2.69. The van der Waals surface area contributed by atoms with Crippen molar-refractivity contribution in [3.8, 4) is 0 Å². The summed E-state index contributed by atoms with van der Waals surface area (Å²) in [6.07, 6.45) is 6.17. The van der Waals surface area contributed by atoms with E-state index in [9.17, 15) is 8.42 Å². The van der Waals surface area contributed by atoms with Crippen LogP contribution in [0.2, 0.25) is 0 Å².